The number of halogens is 1. The maximum atomic E-state index is 13.0. The van der Waals surface area contributed by atoms with Crippen LogP contribution in [0.4, 0.5) is 0 Å². The van der Waals surface area contributed by atoms with Gasteiger partial charge in [-0.05, 0) is 37.3 Å². The molecule has 1 aromatic carbocycles. The summed E-state index contributed by atoms with van der Waals surface area (Å²) in [6.45, 7) is 2.67. The van der Waals surface area contributed by atoms with E-state index in [-0.39, 0.29) is 24.4 Å². The van der Waals surface area contributed by atoms with Crippen molar-refractivity contribution >= 4 is 40.1 Å². The van der Waals surface area contributed by atoms with Crippen LogP contribution in [-0.4, -0.2) is 68.6 Å². The third kappa shape index (κ3) is 4.49. The van der Waals surface area contributed by atoms with E-state index in [0.717, 1.165) is 24.3 Å². The normalized spacial score (nSPS) is 22.5. The maximum Gasteiger partial charge on any atom is 0.243 e. The van der Waals surface area contributed by atoms with E-state index in [2.05, 4.69) is 5.32 Å². The van der Waals surface area contributed by atoms with Gasteiger partial charge in [-0.1, -0.05) is 6.07 Å². The van der Waals surface area contributed by atoms with Gasteiger partial charge >= 0.3 is 0 Å². The molecular weight excluding hydrogens is 382 g/mol. The number of thioether (sulfide) groups is 1. The largest absolute Gasteiger partial charge is 0.336 e. The fraction of sp³-hybridized carbons (Fsp3) is 0.562. The molecule has 6 nitrogen and oxygen atoms in total. The standard InChI is InChI=1S/C16H23N3O3S2.ClH/c1-23-14-5-2-6-15(10-14)24(21,22)18-8-3-4-13(12-18)19-9-7-17-11-16(19)20;/h2,5-6,10,13,17H,3-4,7-9,11-12H2,1H3;1H. The van der Waals surface area contributed by atoms with Gasteiger partial charge in [-0.25, -0.2) is 8.42 Å². The second kappa shape index (κ2) is 8.73. The molecule has 3 rings (SSSR count). The molecule has 0 bridgehead atoms. The van der Waals surface area contributed by atoms with Gasteiger partial charge in [0.1, 0.15) is 0 Å². The Morgan fingerprint density at radius 2 is 2.08 bits per heavy atom. The molecule has 9 heteroatoms. The Morgan fingerprint density at radius 3 is 2.80 bits per heavy atom. The fourth-order valence-electron chi connectivity index (χ4n) is 3.31. The molecule has 140 valence electrons. The number of carbonyl (C=O) groups excluding carboxylic acids is 1. The number of hydrogen-bond donors (Lipinski definition) is 1. The minimum absolute atomic E-state index is 0. The Hall–Kier alpha value is -0.800. The SMILES string of the molecule is CSc1cccc(S(=O)(=O)N2CCCC(N3CCNCC3=O)C2)c1.Cl. The van der Waals surface area contributed by atoms with Crippen molar-refractivity contribution < 1.29 is 13.2 Å². The smallest absolute Gasteiger partial charge is 0.243 e. The summed E-state index contributed by atoms with van der Waals surface area (Å²) in [6, 6.07) is 7.03. The number of sulfonamides is 1. The van der Waals surface area contributed by atoms with Gasteiger partial charge in [0.2, 0.25) is 15.9 Å². The highest BCUT2D eigenvalue weighted by atomic mass is 35.5. The summed E-state index contributed by atoms with van der Waals surface area (Å²) >= 11 is 1.53. The fourth-order valence-corrected chi connectivity index (χ4v) is 5.41. The van der Waals surface area contributed by atoms with E-state index in [1.165, 1.54) is 16.1 Å². The van der Waals surface area contributed by atoms with Crippen molar-refractivity contribution in [2.75, 3.05) is 39.0 Å². The summed E-state index contributed by atoms with van der Waals surface area (Å²) in [4.78, 5) is 15.2. The number of piperazine rings is 1. The molecule has 1 amide bonds. The zero-order valence-corrected chi connectivity index (χ0v) is 16.6. The summed E-state index contributed by atoms with van der Waals surface area (Å²) in [5.74, 6) is 0.0647. The highest BCUT2D eigenvalue weighted by Gasteiger charge is 2.35. The zero-order chi connectivity index (χ0) is 17.2. The average molecular weight is 406 g/mol. The van der Waals surface area contributed by atoms with E-state index in [1.54, 1.807) is 18.2 Å². The van der Waals surface area contributed by atoms with Crippen LogP contribution in [0.3, 0.4) is 0 Å². The lowest BCUT2D eigenvalue weighted by Crippen LogP contribution is -2.57. The first kappa shape index (κ1) is 20.5. The summed E-state index contributed by atoms with van der Waals surface area (Å²) in [6.07, 6.45) is 3.57. The molecule has 0 aromatic heterocycles. The van der Waals surface area contributed by atoms with Gasteiger partial charge in [0.25, 0.3) is 0 Å². The first-order valence-electron chi connectivity index (χ1n) is 8.17. The number of nitrogens with zero attached hydrogens (tertiary/aromatic N) is 2. The van der Waals surface area contributed by atoms with E-state index < -0.39 is 10.0 Å². The molecule has 2 heterocycles. The lowest BCUT2D eigenvalue weighted by molar-refractivity contribution is -0.135. The number of carbonyl (C=O) groups is 1. The number of hydrogen-bond acceptors (Lipinski definition) is 5. The van der Waals surface area contributed by atoms with Crippen molar-refractivity contribution in [1.29, 1.82) is 0 Å². The van der Waals surface area contributed by atoms with Crippen molar-refractivity contribution in [1.82, 2.24) is 14.5 Å². The summed E-state index contributed by atoms with van der Waals surface area (Å²) in [5.41, 5.74) is 0. The van der Waals surface area contributed by atoms with Crippen LogP contribution in [0, 0.1) is 0 Å². The molecule has 2 aliphatic rings. The molecule has 0 aliphatic carbocycles. The van der Waals surface area contributed by atoms with Crippen LogP contribution in [0.15, 0.2) is 34.1 Å². The second-order valence-electron chi connectivity index (χ2n) is 6.10. The summed E-state index contributed by atoms with van der Waals surface area (Å²) in [5, 5.41) is 3.06. The van der Waals surface area contributed by atoms with Gasteiger partial charge in [-0.2, -0.15) is 4.31 Å². The van der Waals surface area contributed by atoms with Crippen LogP contribution in [0.1, 0.15) is 12.8 Å². The molecular formula is C16H24ClN3O3S2. The van der Waals surface area contributed by atoms with Crippen molar-refractivity contribution in [3.05, 3.63) is 24.3 Å². The number of amides is 1. The quantitative estimate of drug-likeness (QED) is 0.767. The molecule has 1 unspecified atom stereocenters. The highest BCUT2D eigenvalue weighted by molar-refractivity contribution is 7.98. The minimum Gasteiger partial charge on any atom is -0.336 e. The second-order valence-corrected chi connectivity index (χ2v) is 8.92. The molecule has 0 spiro atoms. The Labute approximate surface area is 159 Å². The van der Waals surface area contributed by atoms with Crippen molar-refractivity contribution in [2.45, 2.75) is 28.7 Å². The number of nitrogens with one attached hydrogen (secondary N) is 1. The Balaban J connectivity index is 0.00000225. The van der Waals surface area contributed by atoms with Crippen LogP contribution < -0.4 is 5.32 Å². The van der Waals surface area contributed by atoms with Crippen LogP contribution in [0.2, 0.25) is 0 Å². The Bertz CT molecular complexity index is 714. The number of piperidine rings is 1. The average Bonchev–Trinajstić information content (AvgIpc) is 2.62. The summed E-state index contributed by atoms with van der Waals surface area (Å²) < 4.78 is 27.5. The van der Waals surface area contributed by atoms with Crippen LogP contribution >= 0.6 is 24.2 Å². The zero-order valence-electron chi connectivity index (χ0n) is 14.2. The lowest BCUT2D eigenvalue weighted by Gasteiger charge is -2.40. The Kier molecular flexibility index (Phi) is 7.16. The third-order valence-corrected chi connectivity index (χ3v) is 7.19. The number of rotatable bonds is 4. The first-order valence-corrected chi connectivity index (χ1v) is 10.8. The predicted molar refractivity (Wildman–Crippen MR) is 102 cm³/mol. The first-order chi connectivity index (χ1) is 11.5. The van der Waals surface area contributed by atoms with Crippen LogP contribution in [0.25, 0.3) is 0 Å². The van der Waals surface area contributed by atoms with Crippen molar-refractivity contribution in [2.24, 2.45) is 0 Å². The van der Waals surface area contributed by atoms with Gasteiger partial charge < -0.3 is 10.2 Å². The predicted octanol–water partition coefficient (Wildman–Crippen LogP) is 1.42. The van der Waals surface area contributed by atoms with Crippen molar-refractivity contribution in [3.8, 4) is 0 Å². The topological polar surface area (TPSA) is 69.7 Å². The lowest BCUT2D eigenvalue weighted by atomic mass is 10.1. The minimum atomic E-state index is -3.52. The van der Waals surface area contributed by atoms with E-state index in [9.17, 15) is 13.2 Å². The van der Waals surface area contributed by atoms with E-state index in [1.807, 2.05) is 17.2 Å². The molecule has 2 fully saturated rings. The van der Waals surface area contributed by atoms with Gasteiger partial charge in [0.15, 0.2) is 0 Å². The monoisotopic (exact) mass is 405 g/mol. The van der Waals surface area contributed by atoms with E-state index >= 15 is 0 Å². The summed E-state index contributed by atoms with van der Waals surface area (Å²) in [7, 11) is -3.52. The molecule has 1 N–H and O–H groups in total. The maximum absolute atomic E-state index is 13.0. The van der Waals surface area contributed by atoms with Gasteiger partial charge in [-0.3, -0.25) is 4.79 Å². The van der Waals surface area contributed by atoms with Crippen molar-refractivity contribution in [3.63, 3.8) is 0 Å². The molecule has 1 atom stereocenters. The van der Waals surface area contributed by atoms with Gasteiger partial charge in [0.05, 0.1) is 11.4 Å². The Morgan fingerprint density at radius 1 is 1.28 bits per heavy atom. The van der Waals surface area contributed by atoms with Crippen LogP contribution in [-0.2, 0) is 14.8 Å². The van der Waals surface area contributed by atoms with E-state index in [4.69, 9.17) is 0 Å². The molecule has 2 aliphatic heterocycles. The molecule has 1 aromatic rings. The molecule has 25 heavy (non-hydrogen) atoms. The van der Waals surface area contributed by atoms with Crippen LogP contribution in [0.5, 0.6) is 0 Å². The molecule has 2 saturated heterocycles. The molecule has 0 radical (unpaired) electrons. The van der Waals surface area contributed by atoms with Gasteiger partial charge in [0, 0.05) is 37.1 Å². The highest BCUT2D eigenvalue weighted by Crippen LogP contribution is 2.26. The van der Waals surface area contributed by atoms with E-state index in [0.29, 0.717) is 31.1 Å². The van der Waals surface area contributed by atoms with Gasteiger partial charge in [-0.15, -0.1) is 24.2 Å². The third-order valence-electron chi connectivity index (χ3n) is 4.61. The molecule has 0 saturated carbocycles. The number of benzene rings is 1.